The van der Waals surface area contributed by atoms with Crippen LogP contribution < -0.4 is 10.5 Å². The Balaban J connectivity index is 2.21. The van der Waals surface area contributed by atoms with Crippen molar-refractivity contribution >= 4 is 11.7 Å². The number of carboxylic acid groups (broad SMARTS) is 1. The van der Waals surface area contributed by atoms with Crippen molar-refractivity contribution in [2.24, 2.45) is 0 Å². The highest BCUT2D eigenvalue weighted by Crippen LogP contribution is 2.21. The second-order valence-electron chi connectivity index (χ2n) is 4.39. The molecule has 0 saturated heterocycles. The van der Waals surface area contributed by atoms with Gasteiger partial charge in [-0.15, -0.1) is 0 Å². The summed E-state index contributed by atoms with van der Waals surface area (Å²) in [6.07, 6.45) is 0. The number of carboxylic acids is 1. The normalized spacial score (nSPS) is 10.3. The van der Waals surface area contributed by atoms with Gasteiger partial charge >= 0.3 is 5.97 Å². The molecule has 0 fully saturated rings. The van der Waals surface area contributed by atoms with E-state index in [4.69, 9.17) is 15.6 Å². The molecule has 4 nitrogen and oxygen atoms in total. The lowest BCUT2D eigenvalue weighted by Gasteiger charge is -2.11. The topological polar surface area (TPSA) is 72.5 Å². The molecule has 2 rings (SSSR count). The van der Waals surface area contributed by atoms with Crippen molar-refractivity contribution in [1.82, 2.24) is 0 Å². The summed E-state index contributed by atoms with van der Waals surface area (Å²) in [6.45, 7) is 1.68. The second kappa shape index (κ2) is 5.61. The van der Waals surface area contributed by atoms with Crippen LogP contribution in [0.25, 0.3) is 0 Å². The smallest absolute Gasteiger partial charge is 0.338 e. The monoisotopic (exact) mass is 275 g/mol. The number of nitrogens with two attached hydrogens (primary N) is 1. The van der Waals surface area contributed by atoms with Gasteiger partial charge in [0, 0.05) is 11.3 Å². The Morgan fingerprint density at radius 2 is 2.10 bits per heavy atom. The Hall–Kier alpha value is -2.56. The third-order valence-corrected chi connectivity index (χ3v) is 2.92. The minimum Gasteiger partial charge on any atom is -0.489 e. The number of aromatic carboxylic acids is 1. The van der Waals surface area contributed by atoms with E-state index in [1.54, 1.807) is 25.1 Å². The van der Waals surface area contributed by atoms with Gasteiger partial charge in [-0.25, -0.2) is 9.18 Å². The van der Waals surface area contributed by atoms with Gasteiger partial charge in [0.05, 0.1) is 5.56 Å². The van der Waals surface area contributed by atoms with Crippen LogP contribution in [0.3, 0.4) is 0 Å². The molecule has 104 valence electrons. The molecule has 0 unspecified atom stereocenters. The van der Waals surface area contributed by atoms with Gasteiger partial charge in [0.2, 0.25) is 0 Å². The van der Waals surface area contributed by atoms with Gasteiger partial charge in [-0.1, -0.05) is 12.1 Å². The molecule has 0 radical (unpaired) electrons. The lowest BCUT2D eigenvalue weighted by Crippen LogP contribution is -2.09. The quantitative estimate of drug-likeness (QED) is 0.841. The van der Waals surface area contributed by atoms with E-state index in [9.17, 15) is 9.18 Å². The van der Waals surface area contributed by atoms with Crippen LogP contribution >= 0.6 is 0 Å². The van der Waals surface area contributed by atoms with E-state index in [2.05, 4.69) is 0 Å². The van der Waals surface area contributed by atoms with Gasteiger partial charge in [0.15, 0.2) is 0 Å². The van der Waals surface area contributed by atoms with Crippen LogP contribution in [0.1, 0.15) is 21.5 Å². The number of benzene rings is 2. The molecule has 0 aromatic heterocycles. The molecule has 0 spiro atoms. The van der Waals surface area contributed by atoms with Gasteiger partial charge in [-0.2, -0.15) is 0 Å². The van der Waals surface area contributed by atoms with E-state index in [0.29, 0.717) is 16.9 Å². The summed E-state index contributed by atoms with van der Waals surface area (Å²) in [6, 6.07) is 9.18. The number of hydrogen-bond donors (Lipinski definition) is 2. The molecule has 0 aliphatic carbocycles. The highest BCUT2D eigenvalue weighted by atomic mass is 19.1. The third kappa shape index (κ3) is 2.88. The number of hydrogen-bond acceptors (Lipinski definition) is 3. The average Bonchev–Trinajstić information content (AvgIpc) is 2.39. The number of nitrogen functional groups attached to an aromatic ring is 1. The van der Waals surface area contributed by atoms with Crippen molar-refractivity contribution < 1.29 is 19.0 Å². The van der Waals surface area contributed by atoms with Gasteiger partial charge in [0.1, 0.15) is 18.2 Å². The standard InChI is InChI=1S/C15H14FNO3/c1-9-7-11(5-6-12(9)16)20-8-10-3-2-4-13(17)14(10)15(18)19/h2-7H,8,17H2,1H3,(H,18,19). The molecule has 5 heteroatoms. The van der Waals surface area contributed by atoms with Crippen molar-refractivity contribution in [1.29, 1.82) is 0 Å². The first-order valence-corrected chi connectivity index (χ1v) is 5.98. The summed E-state index contributed by atoms with van der Waals surface area (Å²) < 4.78 is 18.6. The van der Waals surface area contributed by atoms with Crippen LogP contribution in [0.15, 0.2) is 36.4 Å². The van der Waals surface area contributed by atoms with E-state index in [-0.39, 0.29) is 23.7 Å². The molecule has 0 saturated carbocycles. The highest BCUT2D eigenvalue weighted by molar-refractivity contribution is 5.95. The van der Waals surface area contributed by atoms with E-state index in [1.807, 2.05) is 0 Å². The Kier molecular flexibility index (Phi) is 3.89. The van der Waals surface area contributed by atoms with Crippen molar-refractivity contribution in [2.45, 2.75) is 13.5 Å². The number of rotatable bonds is 4. The Morgan fingerprint density at radius 1 is 1.35 bits per heavy atom. The van der Waals surface area contributed by atoms with Crippen LogP contribution in [0, 0.1) is 12.7 Å². The van der Waals surface area contributed by atoms with Crippen LogP contribution in [-0.2, 0) is 6.61 Å². The maximum Gasteiger partial charge on any atom is 0.338 e. The first kappa shape index (κ1) is 13.9. The van der Waals surface area contributed by atoms with Crippen LogP contribution in [0.2, 0.25) is 0 Å². The summed E-state index contributed by atoms with van der Waals surface area (Å²) >= 11 is 0. The molecule has 0 heterocycles. The fraction of sp³-hybridized carbons (Fsp3) is 0.133. The fourth-order valence-electron chi connectivity index (χ4n) is 1.87. The maximum absolute atomic E-state index is 13.1. The van der Waals surface area contributed by atoms with Crippen LogP contribution in [-0.4, -0.2) is 11.1 Å². The van der Waals surface area contributed by atoms with Crippen molar-refractivity contribution in [3.05, 3.63) is 58.9 Å². The number of halogens is 1. The van der Waals surface area contributed by atoms with E-state index < -0.39 is 5.97 Å². The SMILES string of the molecule is Cc1cc(OCc2cccc(N)c2C(=O)O)ccc1F. The Labute approximate surface area is 115 Å². The summed E-state index contributed by atoms with van der Waals surface area (Å²) in [4.78, 5) is 11.2. The van der Waals surface area contributed by atoms with E-state index >= 15 is 0 Å². The summed E-state index contributed by atoms with van der Waals surface area (Å²) in [5, 5.41) is 9.14. The lowest BCUT2D eigenvalue weighted by molar-refractivity contribution is 0.0695. The van der Waals surface area contributed by atoms with Gasteiger partial charge in [-0.3, -0.25) is 0 Å². The van der Waals surface area contributed by atoms with Crippen molar-refractivity contribution in [3.63, 3.8) is 0 Å². The molecular weight excluding hydrogens is 261 g/mol. The zero-order valence-corrected chi connectivity index (χ0v) is 10.9. The van der Waals surface area contributed by atoms with Crippen LogP contribution in [0.5, 0.6) is 5.75 Å². The molecule has 0 aliphatic heterocycles. The highest BCUT2D eigenvalue weighted by Gasteiger charge is 2.14. The summed E-state index contributed by atoms with van der Waals surface area (Å²) in [7, 11) is 0. The van der Waals surface area contributed by atoms with Gasteiger partial charge in [-0.05, 0) is 36.8 Å². The predicted octanol–water partition coefficient (Wildman–Crippen LogP) is 2.99. The fourth-order valence-corrected chi connectivity index (χ4v) is 1.87. The van der Waals surface area contributed by atoms with Crippen molar-refractivity contribution in [3.8, 4) is 5.75 Å². The largest absolute Gasteiger partial charge is 0.489 e. The zero-order valence-electron chi connectivity index (χ0n) is 10.9. The number of carbonyl (C=O) groups is 1. The molecule has 0 atom stereocenters. The first-order chi connectivity index (χ1) is 9.49. The molecule has 0 aliphatic rings. The maximum atomic E-state index is 13.1. The zero-order chi connectivity index (χ0) is 14.7. The number of ether oxygens (including phenoxy) is 1. The third-order valence-electron chi connectivity index (χ3n) is 2.92. The summed E-state index contributed by atoms with van der Waals surface area (Å²) in [5.74, 6) is -0.938. The number of anilines is 1. The lowest BCUT2D eigenvalue weighted by atomic mass is 10.1. The van der Waals surface area contributed by atoms with Crippen LogP contribution in [0.4, 0.5) is 10.1 Å². The molecule has 3 N–H and O–H groups in total. The molecule has 0 amide bonds. The van der Waals surface area contributed by atoms with E-state index in [1.165, 1.54) is 18.2 Å². The Bertz CT molecular complexity index is 656. The first-order valence-electron chi connectivity index (χ1n) is 5.98. The van der Waals surface area contributed by atoms with Gasteiger partial charge < -0.3 is 15.6 Å². The van der Waals surface area contributed by atoms with E-state index in [0.717, 1.165) is 0 Å². The average molecular weight is 275 g/mol. The van der Waals surface area contributed by atoms with Gasteiger partial charge in [0.25, 0.3) is 0 Å². The molecule has 0 bridgehead atoms. The predicted molar refractivity (Wildman–Crippen MR) is 73.3 cm³/mol. The second-order valence-corrected chi connectivity index (χ2v) is 4.39. The molecule has 2 aromatic rings. The summed E-state index contributed by atoms with van der Waals surface area (Å²) in [5.41, 5.74) is 6.81. The molecule has 20 heavy (non-hydrogen) atoms. The minimum atomic E-state index is -1.10. The molecular formula is C15H14FNO3. The number of aryl methyl sites for hydroxylation is 1. The Morgan fingerprint density at radius 3 is 2.75 bits per heavy atom. The van der Waals surface area contributed by atoms with Crippen molar-refractivity contribution in [2.75, 3.05) is 5.73 Å². The minimum absolute atomic E-state index is 0.0336. The molecule has 2 aromatic carbocycles.